The topological polar surface area (TPSA) is 102 Å². The van der Waals surface area contributed by atoms with E-state index in [0.717, 1.165) is 30.2 Å². The lowest BCUT2D eigenvalue weighted by atomic mass is 9.85. The van der Waals surface area contributed by atoms with Crippen molar-refractivity contribution in [1.82, 2.24) is 15.3 Å². The maximum atomic E-state index is 16.2. The highest BCUT2D eigenvalue weighted by atomic mass is 19.4. The van der Waals surface area contributed by atoms with Crippen LogP contribution in [0.4, 0.5) is 28.9 Å². The number of carbonyl (C=O) groups is 1. The van der Waals surface area contributed by atoms with Gasteiger partial charge in [0.05, 0.1) is 17.4 Å². The van der Waals surface area contributed by atoms with E-state index in [9.17, 15) is 18.0 Å². The van der Waals surface area contributed by atoms with Gasteiger partial charge in [0.2, 0.25) is 5.88 Å². The first-order valence-electron chi connectivity index (χ1n) is 13.0. The second-order valence-electron chi connectivity index (χ2n) is 10.6. The van der Waals surface area contributed by atoms with E-state index < -0.39 is 34.9 Å². The molecule has 2 unspecified atom stereocenters. The van der Waals surface area contributed by atoms with Gasteiger partial charge in [0.15, 0.2) is 12.1 Å². The first-order chi connectivity index (χ1) is 18.8. The first-order valence-corrected chi connectivity index (χ1v) is 13.0. The number of hydrogen-bond donors (Lipinski definition) is 3. The molecule has 1 saturated heterocycles. The molecule has 0 aliphatic carbocycles. The van der Waals surface area contributed by atoms with E-state index >= 15 is 4.39 Å². The Morgan fingerprint density at radius 3 is 2.51 bits per heavy atom. The number of nitrogens with zero attached hydrogens (tertiary/aromatic N) is 2. The number of nitrogen functional groups attached to an aromatic ring is 1. The van der Waals surface area contributed by atoms with Crippen LogP contribution < -0.4 is 21.1 Å². The second-order valence-corrected chi connectivity index (χ2v) is 10.6. The fourth-order valence-corrected chi connectivity index (χ4v) is 5.08. The molecular formula is C30H37F4N5O2. The fraction of sp³-hybridized carbons (Fsp3) is 0.433. The lowest BCUT2D eigenvalue weighted by Crippen LogP contribution is -2.56. The average Bonchev–Trinajstić information content (AvgIpc) is 2.86. The van der Waals surface area contributed by atoms with E-state index in [4.69, 9.17) is 10.5 Å². The molecule has 2 aromatic heterocycles. The van der Waals surface area contributed by atoms with Crippen LogP contribution in [0.5, 0.6) is 5.88 Å². The summed E-state index contributed by atoms with van der Waals surface area (Å²) in [5.74, 6) is -1.38. The third-order valence-corrected chi connectivity index (χ3v) is 7.61. The van der Waals surface area contributed by atoms with Crippen molar-refractivity contribution >= 4 is 17.7 Å². The number of aryl methyl sites for hydroxylation is 1. The molecule has 0 radical (unpaired) electrons. The molecule has 4 N–H and O–H groups in total. The third-order valence-electron chi connectivity index (χ3n) is 7.61. The number of pyridine rings is 2. The van der Waals surface area contributed by atoms with Gasteiger partial charge in [-0.25, -0.2) is 9.37 Å². The van der Waals surface area contributed by atoms with Crippen LogP contribution in [-0.2, 0) is 12.7 Å². The zero-order valence-electron chi connectivity index (χ0n) is 23.1. The number of hydrogen-bond acceptors (Lipinski definition) is 7. The number of aromatic nitrogens is 2. The molecule has 11 heteroatoms. The average molecular weight is 576 g/mol. The molecule has 41 heavy (non-hydrogen) atoms. The molecule has 1 aromatic carbocycles. The molecular weight excluding hydrogens is 538 g/mol. The number of nitrogens with two attached hydrogens (primary N) is 1. The van der Waals surface area contributed by atoms with Crippen molar-refractivity contribution in [2.45, 2.75) is 79.3 Å². The van der Waals surface area contributed by atoms with Crippen molar-refractivity contribution in [3.8, 4) is 17.1 Å². The number of benzene rings is 1. The van der Waals surface area contributed by atoms with Gasteiger partial charge in [0, 0.05) is 42.1 Å². The Balaban J connectivity index is 0.00000462. The zero-order chi connectivity index (χ0) is 29.4. The third kappa shape index (κ3) is 6.45. The van der Waals surface area contributed by atoms with E-state index in [2.05, 4.69) is 20.6 Å². The largest absolute Gasteiger partial charge is 0.474 e. The fourth-order valence-electron chi connectivity index (χ4n) is 5.08. The van der Waals surface area contributed by atoms with Gasteiger partial charge < -0.3 is 21.1 Å². The Kier molecular flexibility index (Phi) is 9.32. The molecule has 222 valence electrons. The molecule has 3 heterocycles. The lowest BCUT2D eigenvalue weighted by molar-refractivity contribution is -0.137. The molecule has 4 rings (SSSR count). The van der Waals surface area contributed by atoms with Crippen LogP contribution in [0.25, 0.3) is 11.3 Å². The minimum atomic E-state index is -4.82. The molecule has 0 saturated carbocycles. The van der Waals surface area contributed by atoms with Crippen LogP contribution in [-0.4, -0.2) is 34.4 Å². The molecule has 0 spiro atoms. The lowest BCUT2D eigenvalue weighted by Gasteiger charge is -2.41. The Bertz CT molecular complexity index is 1440. The molecule has 7 nitrogen and oxygen atoms in total. The van der Waals surface area contributed by atoms with Crippen molar-refractivity contribution in [3.05, 3.63) is 63.7 Å². The summed E-state index contributed by atoms with van der Waals surface area (Å²) >= 11 is 0. The molecule has 1 aliphatic heterocycles. The van der Waals surface area contributed by atoms with E-state index in [-0.39, 0.29) is 53.5 Å². The Morgan fingerprint density at radius 1 is 1.27 bits per heavy atom. The van der Waals surface area contributed by atoms with Gasteiger partial charge in [0.25, 0.3) is 0 Å². The number of anilines is 2. The van der Waals surface area contributed by atoms with Crippen molar-refractivity contribution in [3.63, 3.8) is 0 Å². The van der Waals surface area contributed by atoms with Gasteiger partial charge in [-0.15, -0.1) is 0 Å². The van der Waals surface area contributed by atoms with Gasteiger partial charge >= 0.3 is 6.18 Å². The smallest absolute Gasteiger partial charge is 0.417 e. The summed E-state index contributed by atoms with van der Waals surface area (Å²) in [6, 6.07) is 2.79. The molecule has 3 aromatic rings. The quantitative estimate of drug-likeness (QED) is 0.147. The van der Waals surface area contributed by atoms with E-state index in [1.54, 1.807) is 25.4 Å². The van der Waals surface area contributed by atoms with Gasteiger partial charge in [-0.1, -0.05) is 7.43 Å². The van der Waals surface area contributed by atoms with E-state index in [1.165, 1.54) is 13.8 Å². The predicted octanol–water partition coefficient (Wildman–Crippen LogP) is 6.78. The first kappa shape index (κ1) is 31.8. The van der Waals surface area contributed by atoms with Crippen molar-refractivity contribution < 1.29 is 27.1 Å². The van der Waals surface area contributed by atoms with Crippen molar-refractivity contribution in [2.24, 2.45) is 0 Å². The number of aldehydes is 1. The highest BCUT2D eigenvalue weighted by Gasteiger charge is 2.39. The summed E-state index contributed by atoms with van der Waals surface area (Å²) in [7, 11) is 0. The zero-order valence-corrected chi connectivity index (χ0v) is 23.1. The highest BCUT2D eigenvalue weighted by molar-refractivity contribution is 5.90. The van der Waals surface area contributed by atoms with Crippen LogP contribution in [0.2, 0.25) is 0 Å². The minimum Gasteiger partial charge on any atom is -0.474 e. The number of ether oxygens (including phenoxy) is 1. The van der Waals surface area contributed by atoms with Crippen molar-refractivity contribution in [2.75, 3.05) is 17.6 Å². The Hall–Kier alpha value is -3.73. The number of halogens is 4. The second kappa shape index (κ2) is 12.0. The summed E-state index contributed by atoms with van der Waals surface area (Å²) < 4.78 is 65.3. The SMILES string of the molecule is C.Cc1cnccc1CNc1c(F)c(-c2cc(N)c(C)c(C)c2C(F)(F)F)nc(OC(C)CC2(C)CCN2)c1C=O. The predicted molar refractivity (Wildman–Crippen MR) is 153 cm³/mol. The summed E-state index contributed by atoms with van der Waals surface area (Å²) in [4.78, 5) is 20.5. The number of alkyl halides is 3. The molecule has 0 amide bonds. The van der Waals surface area contributed by atoms with Crippen LogP contribution in [0.1, 0.15) is 72.3 Å². The maximum Gasteiger partial charge on any atom is 0.417 e. The standard InChI is InChI=1S/C29H33F4N5O2.CH4/c1-15-12-35-8-6-19(15)13-36-25-21(14-39)27(40-16(2)11-28(5)7-9-37-28)38-26(24(25)30)20-10-22(34)17(3)18(4)23(20)29(31,32)33;/h6,8,10,12,14,16,37H,7,9,11,13,34H2,1-5H3,(H,36,38);1H4. The summed E-state index contributed by atoms with van der Waals surface area (Å²) in [6.45, 7) is 9.31. The minimum absolute atomic E-state index is 0. The van der Waals surface area contributed by atoms with Gasteiger partial charge in [-0.3, -0.25) is 9.78 Å². The van der Waals surface area contributed by atoms with Gasteiger partial charge in [0.1, 0.15) is 11.3 Å². The summed E-state index contributed by atoms with van der Waals surface area (Å²) in [6.07, 6.45) is -0.254. The van der Waals surface area contributed by atoms with Crippen LogP contribution in [0, 0.1) is 26.6 Å². The number of carbonyl (C=O) groups excluding carboxylic acids is 1. The highest BCUT2D eigenvalue weighted by Crippen LogP contribution is 2.44. The van der Waals surface area contributed by atoms with Crippen molar-refractivity contribution in [1.29, 1.82) is 0 Å². The van der Waals surface area contributed by atoms with Gasteiger partial charge in [-0.2, -0.15) is 13.2 Å². The van der Waals surface area contributed by atoms with Gasteiger partial charge in [-0.05, 0) is 82.0 Å². The monoisotopic (exact) mass is 575 g/mol. The van der Waals surface area contributed by atoms with Crippen LogP contribution >= 0.6 is 0 Å². The number of nitrogens with one attached hydrogen (secondary N) is 2. The molecule has 0 bridgehead atoms. The summed E-state index contributed by atoms with van der Waals surface area (Å²) in [5, 5.41) is 6.23. The Labute approximate surface area is 237 Å². The number of rotatable bonds is 9. The van der Waals surface area contributed by atoms with E-state index in [1.807, 2.05) is 13.8 Å². The Morgan fingerprint density at radius 2 is 1.95 bits per heavy atom. The van der Waals surface area contributed by atoms with Crippen LogP contribution in [0.15, 0.2) is 24.5 Å². The van der Waals surface area contributed by atoms with E-state index in [0.29, 0.717) is 12.7 Å². The molecule has 2 atom stereocenters. The maximum absolute atomic E-state index is 16.2. The molecule has 1 aliphatic rings. The summed E-state index contributed by atoms with van der Waals surface area (Å²) in [5.41, 5.74) is 4.86. The molecule has 1 fully saturated rings. The van der Waals surface area contributed by atoms with Crippen LogP contribution in [0.3, 0.4) is 0 Å². The normalized spacial score (nSPS) is 17.3.